The zero-order chi connectivity index (χ0) is 16.9. The lowest BCUT2D eigenvalue weighted by Crippen LogP contribution is -2.35. The monoisotopic (exact) mass is 324 g/mol. The lowest BCUT2D eigenvalue weighted by Gasteiger charge is -2.08. The van der Waals surface area contributed by atoms with Gasteiger partial charge in [0.25, 0.3) is 0 Å². The van der Waals surface area contributed by atoms with Crippen LogP contribution >= 0.6 is 0 Å². The Morgan fingerprint density at radius 3 is 2.39 bits per heavy atom. The number of nitrogens with one attached hydrogen (secondary N) is 2. The summed E-state index contributed by atoms with van der Waals surface area (Å²) in [5, 5.41) is 4.50. The van der Waals surface area contributed by atoms with E-state index in [4.69, 9.17) is 0 Å². The average molecular weight is 324 g/mol. The number of pyridine rings is 2. The standard InChI is InChI=1S/C14H11F3N4O2/c15-14(16,17)11-5-4-10(8-19-11)21-13(23)12(22)20-7-9-3-1-2-6-18-9/h1-6,8H,7H2,(H,20,22)(H,21,23). The van der Waals surface area contributed by atoms with E-state index in [0.29, 0.717) is 11.8 Å². The van der Waals surface area contributed by atoms with E-state index in [-0.39, 0.29) is 12.2 Å². The van der Waals surface area contributed by atoms with Gasteiger partial charge in [0, 0.05) is 6.20 Å². The zero-order valence-electron chi connectivity index (χ0n) is 11.6. The number of amides is 2. The van der Waals surface area contributed by atoms with E-state index >= 15 is 0 Å². The summed E-state index contributed by atoms with van der Waals surface area (Å²) in [6.07, 6.45) is -2.20. The number of aromatic nitrogens is 2. The van der Waals surface area contributed by atoms with E-state index in [9.17, 15) is 22.8 Å². The van der Waals surface area contributed by atoms with Gasteiger partial charge in [-0.15, -0.1) is 0 Å². The van der Waals surface area contributed by atoms with Crippen molar-refractivity contribution < 1.29 is 22.8 Å². The van der Waals surface area contributed by atoms with Crippen LogP contribution in [0.1, 0.15) is 11.4 Å². The Hall–Kier alpha value is -2.97. The highest BCUT2D eigenvalue weighted by Crippen LogP contribution is 2.27. The van der Waals surface area contributed by atoms with Crippen LogP contribution in [0.4, 0.5) is 18.9 Å². The van der Waals surface area contributed by atoms with Crippen molar-refractivity contribution in [3.63, 3.8) is 0 Å². The van der Waals surface area contributed by atoms with Gasteiger partial charge in [-0.2, -0.15) is 13.2 Å². The first-order valence-electron chi connectivity index (χ1n) is 6.38. The van der Waals surface area contributed by atoms with Crippen molar-refractivity contribution in [1.82, 2.24) is 15.3 Å². The maximum Gasteiger partial charge on any atom is 0.433 e. The number of hydrogen-bond acceptors (Lipinski definition) is 4. The minimum absolute atomic E-state index is 0.0176. The van der Waals surface area contributed by atoms with Crippen LogP contribution in [0, 0.1) is 0 Å². The number of carbonyl (C=O) groups excluding carboxylic acids is 2. The number of nitrogens with zero attached hydrogens (tertiary/aromatic N) is 2. The van der Waals surface area contributed by atoms with Gasteiger partial charge in [-0.25, -0.2) is 4.98 Å². The van der Waals surface area contributed by atoms with Crippen LogP contribution in [0.2, 0.25) is 0 Å². The van der Waals surface area contributed by atoms with Crippen molar-refractivity contribution in [2.75, 3.05) is 5.32 Å². The predicted molar refractivity (Wildman–Crippen MR) is 74.0 cm³/mol. The summed E-state index contributed by atoms with van der Waals surface area (Å²) in [5.41, 5.74) is -0.545. The molecule has 0 fully saturated rings. The highest BCUT2D eigenvalue weighted by atomic mass is 19.4. The second-order valence-electron chi connectivity index (χ2n) is 4.39. The molecule has 120 valence electrons. The zero-order valence-corrected chi connectivity index (χ0v) is 11.6. The quantitative estimate of drug-likeness (QED) is 0.843. The number of hydrogen-bond donors (Lipinski definition) is 2. The topological polar surface area (TPSA) is 84.0 Å². The van der Waals surface area contributed by atoms with Crippen molar-refractivity contribution in [2.24, 2.45) is 0 Å². The Labute approximate surface area is 128 Å². The molecule has 2 aromatic rings. The lowest BCUT2D eigenvalue weighted by atomic mass is 10.3. The molecule has 2 rings (SSSR count). The largest absolute Gasteiger partial charge is 0.433 e. The third kappa shape index (κ3) is 4.77. The Morgan fingerprint density at radius 2 is 1.83 bits per heavy atom. The first kappa shape index (κ1) is 16.4. The van der Waals surface area contributed by atoms with Crippen molar-refractivity contribution in [3.05, 3.63) is 54.1 Å². The number of carbonyl (C=O) groups is 2. The Kier molecular flexibility index (Phi) is 4.89. The van der Waals surface area contributed by atoms with Gasteiger partial charge in [0.05, 0.1) is 24.1 Å². The van der Waals surface area contributed by atoms with Gasteiger partial charge in [-0.1, -0.05) is 6.07 Å². The molecule has 2 N–H and O–H groups in total. The van der Waals surface area contributed by atoms with Gasteiger partial charge in [0.2, 0.25) is 0 Å². The summed E-state index contributed by atoms with van der Waals surface area (Å²) in [4.78, 5) is 30.4. The molecule has 9 heteroatoms. The molecule has 0 aromatic carbocycles. The van der Waals surface area contributed by atoms with Gasteiger partial charge in [0.15, 0.2) is 0 Å². The van der Waals surface area contributed by atoms with E-state index in [2.05, 4.69) is 20.6 Å². The van der Waals surface area contributed by atoms with Crippen LogP contribution in [0.5, 0.6) is 0 Å². The van der Waals surface area contributed by atoms with Crippen LogP contribution < -0.4 is 10.6 Å². The molecule has 23 heavy (non-hydrogen) atoms. The number of halogens is 3. The normalized spacial score (nSPS) is 10.9. The van der Waals surface area contributed by atoms with E-state index in [1.54, 1.807) is 18.2 Å². The van der Waals surface area contributed by atoms with E-state index in [0.717, 1.165) is 12.3 Å². The third-order valence-corrected chi connectivity index (χ3v) is 2.67. The molecule has 2 amide bonds. The molecule has 6 nitrogen and oxygen atoms in total. The van der Waals surface area contributed by atoms with Gasteiger partial charge in [-0.05, 0) is 24.3 Å². The second-order valence-corrected chi connectivity index (χ2v) is 4.39. The molecule has 0 spiro atoms. The molecular weight excluding hydrogens is 313 g/mol. The molecular formula is C14H11F3N4O2. The maximum atomic E-state index is 12.4. The van der Waals surface area contributed by atoms with Crippen molar-refractivity contribution in [2.45, 2.75) is 12.7 Å². The van der Waals surface area contributed by atoms with Crippen molar-refractivity contribution in [3.8, 4) is 0 Å². The maximum absolute atomic E-state index is 12.4. The van der Waals surface area contributed by atoms with Crippen LogP contribution in [0.25, 0.3) is 0 Å². The van der Waals surface area contributed by atoms with E-state index in [1.165, 1.54) is 6.20 Å². The Morgan fingerprint density at radius 1 is 1.04 bits per heavy atom. The van der Waals surface area contributed by atoms with Gasteiger partial charge >= 0.3 is 18.0 Å². The summed E-state index contributed by atoms with van der Waals surface area (Å²) in [6.45, 7) is 0.0539. The summed E-state index contributed by atoms with van der Waals surface area (Å²) in [7, 11) is 0. The van der Waals surface area contributed by atoms with Crippen LogP contribution in [0.3, 0.4) is 0 Å². The SMILES string of the molecule is O=C(NCc1ccccn1)C(=O)Nc1ccc(C(F)(F)F)nc1. The predicted octanol–water partition coefficient (Wildman–Crippen LogP) is 1.75. The van der Waals surface area contributed by atoms with E-state index < -0.39 is 23.7 Å². The van der Waals surface area contributed by atoms with Crippen molar-refractivity contribution in [1.29, 1.82) is 0 Å². The lowest BCUT2D eigenvalue weighted by molar-refractivity contribution is -0.141. The van der Waals surface area contributed by atoms with Gasteiger partial charge in [-0.3, -0.25) is 14.6 Å². The fraction of sp³-hybridized carbons (Fsp3) is 0.143. The summed E-state index contributed by atoms with van der Waals surface area (Å²) >= 11 is 0. The fourth-order valence-corrected chi connectivity index (χ4v) is 1.58. The molecule has 0 unspecified atom stereocenters. The minimum Gasteiger partial charge on any atom is -0.342 e. The van der Waals surface area contributed by atoms with E-state index in [1.807, 2.05) is 0 Å². The Balaban J connectivity index is 1.89. The van der Waals surface area contributed by atoms with Crippen LogP contribution in [-0.4, -0.2) is 21.8 Å². The summed E-state index contributed by atoms with van der Waals surface area (Å²) in [5.74, 6) is -1.95. The van der Waals surface area contributed by atoms with Gasteiger partial charge < -0.3 is 10.6 Å². The van der Waals surface area contributed by atoms with Crippen molar-refractivity contribution >= 4 is 17.5 Å². The molecule has 0 saturated carbocycles. The summed E-state index contributed by atoms with van der Waals surface area (Å²) < 4.78 is 37.1. The molecule has 0 aliphatic rings. The molecule has 2 heterocycles. The molecule has 2 aromatic heterocycles. The first-order valence-corrected chi connectivity index (χ1v) is 6.38. The second kappa shape index (κ2) is 6.86. The fourth-order valence-electron chi connectivity index (χ4n) is 1.58. The Bertz CT molecular complexity index is 687. The third-order valence-electron chi connectivity index (χ3n) is 2.67. The highest BCUT2D eigenvalue weighted by molar-refractivity contribution is 6.39. The number of rotatable bonds is 3. The van der Waals surface area contributed by atoms with Crippen LogP contribution in [-0.2, 0) is 22.3 Å². The smallest absolute Gasteiger partial charge is 0.342 e. The van der Waals surface area contributed by atoms with Crippen LogP contribution in [0.15, 0.2) is 42.7 Å². The minimum atomic E-state index is -4.57. The first-order chi connectivity index (χ1) is 10.9. The molecule has 0 radical (unpaired) electrons. The molecule has 0 atom stereocenters. The number of alkyl halides is 3. The van der Waals surface area contributed by atoms with Gasteiger partial charge in [0.1, 0.15) is 5.69 Å². The number of anilines is 1. The molecule has 0 aliphatic carbocycles. The molecule has 0 bridgehead atoms. The summed E-state index contributed by atoms with van der Waals surface area (Å²) in [6, 6.07) is 6.82. The molecule has 0 aliphatic heterocycles. The average Bonchev–Trinajstić information content (AvgIpc) is 2.53. The molecule has 0 saturated heterocycles. The highest BCUT2D eigenvalue weighted by Gasteiger charge is 2.32.